The number of methoxy groups -OCH3 is 1. The molecule has 0 fully saturated rings. The molecule has 1 aromatic heterocycles. The molecule has 0 bridgehead atoms. The number of thiazole rings is 1. The standard InChI is InChI=1S/C10H9NO3S/c1-14-9(13)3-6-2-7(12)4-8-10(6)11-5-15-8/h2,4-5,12H,3H2,1H3. The van der Waals surface area contributed by atoms with Crippen molar-refractivity contribution >= 4 is 27.5 Å². The number of aromatic hydroxyl groups is 1. The highest BCUT2D eigenvalue weighted by molar-refractivity contribution is 7.16. The fraction of sp³-hybridized carbons (Fsp3) is 0.200. The predicted octanol–water partition coefficient (Wildman–Crippen LogP) is 1.72. The normalized spacial score (nSPS) is 10.5. The number of phenols is 1. The molecule has 15 heavy (non-hydrogen) atoms. The van der Waals surface area contributed by atoms with Crippen LogP contribution in [0.1, 0.15) is 5.56 Å². The van der Waals surface area contributed by atoms with E-state index in [9.17, 15) is 9.90 Å². The van der Waals surface area contributed by atoms with E-state index in [1.165, 1.54) is 18.4 Å². The Labute approximate surface area is 90.1 Å². The number of esters is 1. The number of carbonyl (C=O) groups excluding carboxylic acids is 1. The molecule has 0 aliphatic rings. The van der Waals surface area contributed by atoms with Crippen LogP contribution in [0.15, 0.2) is 17.6 Å². The molecule has 2 rings (SSSR count). The molecule has 1 N–H and O–H groups in total. The third-order valence-electron chi connectivity index (χ3n) is 2.06. The lowest BCUT2D eigenvalue weighted by Gasteiger charge is -2.02. The van der Waals surface area contributed by atoms with Crippen molar-refractivity contribution in [1.29, 1.82) is 0 Å². The van der Waals surface area contributed by atoms with Gasteiger partial charge in [-0.3, -0.25) is 4.79 Å². The van der Waals surface area contributed by atoms with Crippen LogP contribution in [0.25, 0.3) is 10.2 Å². The van der Waals surface area contributed by atoms with Crippen molar-refractivity contribution in [1.82, 2.24) is 4.98 Å². The summed E-state index contributed by atoms with van der Waals surface area (Å²) >= 11 is 1.43. The highest BCUT2D eigenvalue weighted by atomic mass is 32.1. The number of hydrogen-bond donors (Lipinski definition) is 1. The Morgan fingerprint density at radius 2 is 2.40 bits per heavy atom. The zero-order valence-corrected chi connectivity index (χ0v) is 8.87. The average molecular weight is 223 g/mol. The van der Waals surface area contributed by atoms with Crippen molar-refractivity contribution in [2.75, 3.05) is 7.11 Å². The molecule has 2 aromatic rings. The maximum absolute atomic E-state index is 11.1. The molecule has 4 nitrogen and oxygen atoms in total. The molecule has 0 radical (unpaired) electrons. The van der Waals surface area contributed by atoms with Crippen molar-refractivity contribution in [3.63, 3.8) is 0 Å². The van der Waals surface area contributed by atoms with Crippen LogP contribution in [0.2, 0.25) is 0 Å². The smallest absolute Gasteiger partial charge is 0.310 e. The fourth-order valence-corrected chi connectivity index (χ4v) is 2.14. The van der Waals surface area contributed by atoms with Gasteiger partial charge in [0.15, 0.2) is 0 Å². The molecule has 78 valence electrons. The Bertz CT molecular complexity index is 506. The minimum Gasteiger partial charge on any atom is -0.508 e. The number of nitrogens with zero attached hydrogens (tertiary/aromatic N) is 1. The third-order valence-corrected chi connectivity index (χ3v) is 2.84. The number of benzene rings is 1. The number of fused-ring (bicyclic) bond motifs is 1. The SMILES string of the molecule is COC(=O)Cc1cc(O)cc2scnc12. The summed E-state index contributed by atoms with van der Waals surface area (Å²) in [5, 5.41) is 9.44. The maximum atomic E-state index is 11.1. The highest BCUT2D eigenvalue weighted by Crippen LogP contribution is 2.27. The van der Waals surface area contributed by atoms with Crippen molar-refractivity contribution < 1.29 is 14.6 Å². The summed E-state index contributed by atoms with van der Waals surface area (Å²) in [6.45, 7) is 0. The lowest BCUT2D eigenvalue weighted by molar-refractivity contribution is -0.139. The van der Waals surface area contributed by atoms with Gasteiger partial charge in [-0.05, 0) is 17.7 Å². The van der Waals surface area contributed by atoms with Gasteiger partial charge in [-0.2, -0.15) is 0 Å². The van der Waals surface area contributed by atoms with Crippen LogP contribution in [-0.4, -0.2) is 23.2 Å². The van der Waals surface area contributed by atoms with E-state index >= 15 is 0 Å². The van der Waals surface area contributed by atoms with Gasteiger partial charge in [0, 0.05) is 0 Å². The second-order valence-electron chi connectivity index (χ2n) is 3.06. The van der Waals surface area contributed by atoms with Crippen LogP contribution in [0.5, 0.6) is 5.75 Å². The average Bonchev–Trinajstić information content (AvgIpc) is 2.65. The van der Waals surface area contributed by atoms with Crippen LogP contribution in [0, 0.1) is 0 Å². The van der Waals surface area contributed by atoms with E-state index in [1.54, 1.807) is 17.6 Å². The first-order valence-corrected chi connectivity index (χ1v) is 5.20. The van der Waals surface area contributed by atoms with Gasteiger partial charge in [-0.1, -0.05) is 0 Å². The minimum absolute atomic E-state index is 0.130. The molecule has 0 aliphatic carbocycles. The first-order chi connectivity index (χ1) is 7.20. The number of phenolic OH excluding ortho intramolecular Hbond substituents is 1. The minimum atomic E-state index is -0.338. The number of ether oxygens (including phenoxy) is 1. The molecule has 1 aromatic carbocycles. The van der Waals surface area contributed by atoms with E-state index in [1.807, 2.05) is 0 Å². The Balaban J connectivity index is 2.48. The first-order valence-electron chi connectivity index (χ1n) is 4.32. The van der Waals surface area contributed by atoms with Crippen molar-refractivity contribution in [3.05, 3.63) is 23.2 Å². The van der Waals surface area contributed by atoms with E-state index < -0.39 is 0 Å². The number of hydrogen-bond acceptors (Lipinski definition) is 5. The van der Waals surface area contributed by atoms with E-state index in [0.29, 0.717) is 5.56 Å². The summed E-state index contributed by atoms with van der Waals surface area (Å²) in [5.41, 5.74) is 3.13. The van der Waals surface area contributed by atoms with Crippen LogP contribution >= 0.6 is 11.3 Å². The van der Waals surface area contributed by atoms with Crippen LogP contribution in [-0.2, 0) is 16.0 Å². The Morgan fingerprint density at radius 3 is 3.13 bits per heavy atom. The summed E-state index contributed by atoms with van der Waals surface area (Å²) in [6.07, 6.45) is 0.130. The Morgan fingerprint density at radius 1 is 1.60 bits per heavy atom. The van der Waals surface area contributed by atoms with Gasteiger partial charge >= 0.3 is 5.97 Å². The van der Waals surface area contributed by atoms with Crippen molar-refractivity contribution in [3.8, 4) is 5.75 Å². The quantitative estimate of drug-likeness (QED) is 0.787. The van der Waals surface area contributed by atoms with E-state index in [2.05, 4.69) is 9.72 Å². The molecule has 0 spiro atoms. The highest BCUT2D eigenvalue weighted by Gasteiger charge is 2.10. The van der Waals surface area contributed by atoms with E-state index in [-0.39, 0.29) is 18.1 Å². The third kappa shape index (κ3) is 1.92. The first kappa shape index (κ1) is 9.92. The molecular formula is C10H9NO3S. The van der Waals surface area contributed by atoms with E-state index in [4.69, 9.17) is 0 Å². The van der Waals surface area contributed by atoms with Crippen LogP contribution in [0.4, 0.5) is 0 Å². The second-order valence-corrected chi connectivity index (χ2v) is 3.94. The van der Waals surface area contributed by atoms with Crippen LogP contribution < -0.4 is 0 Å². The Hall–Kier alpha value is -1.62. The summed E-state index contributed by atoms with van der Waals surface area (Å²) in [4.78, 5) is 15.3. The predicted molar refractivity (Wildman–Crippen MR) is 57.0 cm³/mol. The monoisotopic (exact) mass is 223 g/mol. The zero-order chi connectivity index (χ0) is 10.8. The molecule has 0 amide bonds. The van der Waals surface area contributed by atoms with Gasteiger partial charge in [0.2, 0.25) is 0 Å². The molecule has 0 unspecified atom stereocenters. The molecule has 5 heteroatoms. The number of aromatic nitrogens is 1. The molecule has 0 atom stereocenters. The van der Waals surface area contributed by atoms with Crippen molar-refractivity contribution in [2.45, 2.75) is 6.42 Å². The molecule has 0 saturated heterocycles. The molecular weight excluding hydrogens is 214 g/mol. The number of carbonyl (C=O) groups is 1. The van der Waals surface area contributed by atoms with Gasteiger partial charge in [0.1, 0.15) is 5.75 Å². The van der Waals surface area contributed by atoms with Gasteiger partial charge in [-0.25, -0.2) is 4.98 Å². The lowest BCUT2D eigenvalue weighted by atomic mass is 10.1. The van der Waals surface area contributed by atoms with Crippen LogP contribution in [0.3, 0.4) is 0 Å². The lowest BCUT2D eigenvalue weighted by Crippen LogP contribution is -2.04. The van der Waals surface area contributed by atoms with Gasteiger partial charge < -0.3 is 9.84 Å². The van der Waals surface area contributed by atoms with Gasteiger partial charge in [0.05, 0.1) is 29.3 Å². The summed E-state index contributed by atoms with van der Waals surface area (Å²) < 4.78 is 5.44. The van der Waals surface area contributed by atoms with E-state index in [0.717, 1.165) is 10.2 Å². The summed E-state index contributed by atoms with van der Waals surface area (Å²) in [5.74, 6) is -0.194. The maximum Gasteiger partial charge on any atom is 0.310 e. The summed E-state index contributed by atoms with van der Waals surface area (Å²) in [7, 11) is 1.34. The molecule has 0 saturated carbocycles. The number of rotatable bonds is 2. The topological polar surface area (TPSA) is 59.4 Å². The largest absolute Gasteiger partial charge is 0.508 e. The fourth-order valence-electron chi connectivity index (χ4n) is 1.38. The van der Waals surface area contributed by atoms with Gasteiger partial charge in [0.25, 0.3) is 0 Å². The molecule has 0 aliphatic heterocycles. The second kappa shape index (κ2) is 3.86. The summed E-state index contributed by atoms with van der Waals surface area (Å²) in [6, 6.07) is 3.17. The Kier molecular flexibility index (Phi) is 2.55. The van der Waals surface area contributed by atoms with Gasteiger partial charge in [-0.15, -0.1) is 11.3 Å². The molecule has 1 heterocycles. The zero-order valence-electron chi connectivity index (χ0n) is 8.06. The van der Waals surface area contributed by atoms with Crippen molar-refractivity contribution in [2.24, 2.45) is 0 Å².